The average molecular weight is 255 g/mol. The molecule has 0 aliphatic heterocycles. The van der Waals surface area contributed by atoms with E-state index in [0.29, 0.717) is 13.0 Å². The Hall–Kier alpha value is -2.10. The second-order valence-electron chi connectivity index (χ2n) is 4.90. The monoisotopic (exact) mass is 255 g/mol. The van der Waals surface area contributed by atoms with Gasteiger partial charge in [0, 0.05) is 25.4 Å². The smallest absolute Gasteiger partial charge is 0.224 e. The molecule has 1 aliphatic carbocycles. The minimum atomic E-state index is 0.106. The minimum absolute atomic E-state index is 0.106. The molecular formula is C15H17N3O. The lowest BCUT2D eigenvalue weighted by Gasteiger charge is -2.07. The Bertz CT molecular complexity index is 627. The highest BCUT2D eigenvalue weighted by Gasteiger charge is 2.10. The summed E-state index contributed by atoms with van der Waals surface area (Å²) in [6.45, 7) is 0.558. The predicted octanol–water partition coefficient (Wildman–Crippen LogP) is 2.45. The number of carbonyl (C=O) groups excluding carboxylic acids is 1. The van der Waals surface area contributed by atoms with Gasteiger partial charge < -0.3 is 5.32 Å². The number of hydrogen-bond donors (Lipinski definition) is 1. The standard InChI is InChI=1S/C15H17N3O/c19-15(10-12-4-1-2-5-12)16-11-13-6-3-9-18-14(13)7-8-17-18/h3-4,6-9H,1-2,5,10-11H2,(H,16,19). The van der Waals surface area contributed by atoms with Crippen molar-refractivity contribution in [2.45, 2.75) is 32.2 Å². The fourth-order valence-electron chi connectivity index (χ4n) is 2.52. The van der Waals surface area contributed by atoms with Gasteiger partial charge in [-0.3, -0.25) is 4.79 Å². The van der Waals surface area contributed by atoms with Crippen molar-refractivity contribution in [2.24, 2.45) is 0 Å². The molecule has 2 aromatic rings. The van der Waals surface area contributed by atoms with Crippen molar-refractivity contribution < 1.29 is 4.79 Å². The van der Waals surface area contributed by atoms with Gasteiger partial charge in [0.1, 0.15) is 0 Å². The van der Waals surface area contributed by atoms with Crippen molar-refractivity contribution in [3.05, 3.63) is 47.8 Å². The summed E-state index contributed by atoms with van der Waals surface area (Å²) in [5, 5.41) is 7.17. The van der Waals surface area contributed by atoms with E-state index < -0.39 is 0 Å². The van der Waals surface area contributed by atoms with E-state index in [2.05, 4.69) is 16.5 Å². The normalized spacial score (nSPS) is 14.6. The van der Waals surface area contributed by atoms with Crippen LogP contribution in [0, 0.1) is 0 Å². The topological polar surface area (TPSA) is 46.4 Å². The van der Waals surface area contributed by atoms with E-state index in [-0.39, 0.29) is 5.91 Å². The van der Waals surface area contributed by atoms with Crippen molar-refractivity contribution in [1.82, 2.24) is 14.9 Å². The maximum atomic E-state index is 11.9. The van der Waals surface area contributed by atoms with Crippen LogP contribution in [0.2, 0.25) is 0 Å². The molecule has 0 aromatic carbocycles. The summed E-state index contributed by atoms with van der Waals surface area (Å²) in [7, 11) is 0. The van der Waals surface area contributed by atoms with E-state index >= 15 is 0 Å². The zero-order valence-corrected chi connectivity index (χ0v) is 10.8. The third kappa shape index (κ3) is 2.67. The van der Waals surface area contributed by atoms with E-state index in [1.165, 1.54) is 12.0 Å². The summed E-state index contributed by atoms with van der Waals surface area (Å²) in [5.74, 6) is 0.106. The summed E-state index contributed by atoms with van der Waals surface area (Å²) in [4.78, 5) is 11.9. The largest absolute Gasteiger partial charge is 0.352 e. The third-order valence-corrected chi connectivity index (χ3v) is 3.52. The molecule has 4 heteroatoms. The molecule has 0 unspecified atom stereocenters. The fourth-order valence-corrected chi connectivity index (χ4v) is 2.52. The van der Waals surface area contributed by atoms with Crippen LogP contribution >= 0.6 is 0 Å². The van der Waals surface area contributed by atoms with Crippen LogP contribution in [0.25, 0.3) is 5.52 Å². The van der Waals surface area contributed by atoms with Crippen LogP contribution in [0.3, 0.4) is 0 Å². The average Bonchev–Trinajstić information content (AvgIpc) is 3.06. The number of hydrogen-bond acceptors (Lipinski definition) is 2. The van der Waals surface area contributed by atoms with Crippen molar-refractivity contribution in [3.63, 3.8) is 0 Å². The van der Waals surface area contributed by atoms with E-state index in [4.69, 9.17) is 0 Å². The maximum absolute atomic E-state index is 11.9. The zero-order valence-electron chi connectivity index (χ0n) is 10.8. The molecule has 3 rings (SSSR count). The number of rotatable bonds is 4. The van der Waals surface area contributed by atoms with Crippen LogP contribution < -0.4 is 5.32 Å². The van der Waals surface area contributed by atoms with E-state index in [1.54, 1.807) is 6.20 Å². The first-order chi connectivity index (χ1) is 9.33. The highest BCUT2D eigenvalue weighted by Crippen LogP contribution is 2.20. The second kappa shape index (κ2) is 5.26. The van der Waals surface area contributed by atoms with Gasteiger partial charge in [0.15, 0.2) is 0 Å². The van der Waals surface area contributed by atoms with Gasteiger partial charge in [-0.25, -0.2) is 4.52 Å². The first-order valence-electron chi connectivity index (χ1n) is 6.69. The lowest BCUT2D eigenvalue weighted by atomic mass is 10.1. The van der Waals surface area contributed by atoms with Gasteiger partial charge >= 0.3 is 0 Å². The molecule has 1 N–H and O–H groups in total. The number of pyridine rings is 1. The van der Waals surface area contributed by atoms with Gasteiger partial charge in [-0.1, -0.05) is 17.7 Å². The predicted molar refractivity (Wildman–Crippen MR) is 73.6 cm³/mol. The van der Waals surface area contributed by atoms with Crippen molar-refractivity contribution in [1.29, 1.82) is 0 Å². The number of amides is 1. The SMILES string of the molecule is O=C(CC1=CCCC1)NCc1cccn2nccc12. The highest BCUT2D eigenvalue weighted by atomic mass is 16.1. The van der Waals surface area contributed by atoms with Crippen LogP contribution in [0.4, 0.5) is 0 Å². The van der Waals surface area contributed by atoms with E-state index in [1.807, 2.05) is 28.9 Å². The number of nitrogens with one attached hydrogen (secondary N) is 1. The number of fused-ring (bicyclic) bond motifs is 1. The summed E-state index contributed by atoms with van der Waals surface area (Å²) in [5.41, 5.74) is 3.41. The maximum Gasteiger partial charge on any atom is 0.224 e. The van der Waals surface area contributed by atoms with Gasteiger partial charge in [-0.2, -0.15) is 5.10 Å². The Labute approximate surface area is 112 Å². The molecule has 0 spiro atoms. The molecule has 2 aromatic heterocycles. The minimum Gasteiger partial charge on any atom is -0.352 e. The molecule has 0 atom stereocenters. The first-order valence-corrected chi connectivity index (χ1v) is 6.69. The van der Waals surface area contributed by atoms with Gasteiger partial charge in [-0.05, 0) is 37.0 Å². The lowest BCUT2D eigenvalue weighted by Crippen LogP contribution is -2.23. The van der Waals surface area contributed by atoms with Crippen molar-refractivity contribution in [2.75, 3.05) is 0 Å². The Morgan fingerprint density at radius 2 is 2.37 bits per heavy atom. The summed E-state index contributed by atoms with van der Waals surface area (Å²) < 4.78 is 1.82. The molecule has 0 radical (unpaired) electrons. The van der Waals surface area contributed by atoms with Crippen LogP contribution in [0.1, 0.15) is 31.2 Å². The molecule has 1 aliphatic rings. The third-order valence-electron chi connectivity index (χ3n) is 3.52. The number of aromatic nitrogens is 2. The molecule has 19 heavy (non-hydrogen) atoms. The molecule has 0 bridgehead atoms. The van der Waals surface area contributed by atoms with E-state index in [9.17, 15) is 4.79 Å². The lowest BCUT2D eigenvalue weighted by molar-refractivity contribution is -0.120. The molecule has 0 saturated heterocycles. The molecule has 0 fully saturated rings. The van der Waals surface area contributed by atoms with Crippen molar-refractivity contribution >= 4 is 11.4 Å². The van der Waals surface area contributed by atoms with Crippen LogP contribution in [0.5, 0.6) is 0 Å². The summed E-state index contributed by atoms with van der Waals surface area (Å²) in [6.07, 6.45) is 9.80. The van der Waals surface area contributed by atoms with Crippen LogP contribution in [0.15, 0.2) is 42.2 Å². The second-order valence-corrected chi connectivity index (χ2v) is 4.90. The Morgan fingerprint density at radius 3 is 3.21 bits per heavy atom. The van der Waals surface area contributed by atoms with Crippen LogP contribution in [-0.2, 0) is 11.3 Å². The van der Waals surface area contributed by atoms with Gasteiger partial charge in [0.25, 0.3) is 0 Å². The molecule has 1 amide bonds. The number of allylic oxidation sites excluding steroid dienone is 1. The summed E-state index contributed by atoms with van der Waals surface area (Å²) in [6, 6.07) is 5.92. The Balaban J connectivity index is 1.62. The molecule has 98 valence electrons. The molecule has 4 nitrogen and oxygen atoms in total. The molecular weight excluding hydrogens is 238 g/mol. The van der Waals surface area contributed by atoms with Gasteiger partial charge in [0.2, 0.25) is 5.91 Å². The number of nitrogens with zero attached hydrogens (tertiary/aromatic N) is 2. The highest BCUT2D eigenvalue weighted by molar-refractivity contribution is 5.78. The van der Waals surface area contributed by atoms with Crippen molar-refractivity contribution in [3.8, 4) is 0 Å². The molecule has 2 heterocycles. The van der Waals surface area contributed by atoms with Crippen LogP contribution in [-0.4, -0.2) is 15.5 Å². The van der Waals surface area contributed by atoms with Gasteiger partial charge in [-0.15, -0.1) is 0 Å². The number of carbonyl (C=O) groups is 1. The quantitative estimate of drug-likeness (QED) is 0.853. The Morgan fingerprint density at radius 1 is 1.42 bits per heavy atom. The molecule has 0 saturated carbocycles. The summed E-state index contributed by atoms with van der Waals surface area (Å²) >= 11 is 0. The Kier molecular flexibility index (Phi) is 3.31. The van der Waals surface area contributed by atoms with E-state index in [0.717, 1.165) is 23.9 Å². The zero-order chi connectivity index (χ0) is 13.1. The van der Waals surface area contributed by atoms with Gasteiger partial charge in [0.05, 0.1) is 5.52 Å². The first kappa shape index (κ1) is 12.0. The fraction of sp³-hybridized carbons (Fsp3) is 0.333.